The first-order valence-corrected chi connectivity index (χ1v) is 6.78. The molecule has 0 saturated heterocycles. The molecule has 0 heterocycles. The first-order chi connectivity index (χ1) is 8.58. The van der Waals surface area contributed by atoms with Gasteiger partial charge in [0.25, 0.3) is 0 Å². The zero-order valence-electron chi connectivity index (χ0n) is 10.8. The summed E-state index contributed by atoms with van der Waals surface area (Å²) in [5, 5.41) is 3.06. The van der Waals surface area contributed by atoms with Crippen molar-refractivity contribution in [1.82, 2.24) is 5.32 Å². The summed E-state index contributed by atoms with van der Waals surface area (Å²) >= 11 is 0. The molecule has 0 aromatic heterocycles. The van der Waals surface area contributed by atoms with E-state index in [-0.39, 0.29) is 17.4 Å². The maximum Gasteiger partial charge on any atom is 0.227 e. The minimum atomic E-state index is -0.122. The van der Waals surface area contributed by atoms with Crippen LogP contribution in [-0.2, 0) is 10.3 Å². The van der Waals surface area contributed by atoms with Crippen LogP contribution in [0.2, 0.25) is 0 Å². The Kier molecular flexibility index (Phi) is 2.67. The normalized spacial score (nSPS) is 22.3. The number of rotatable bonds is 4. The minimum Gasteiger partial charge on any atom is -0.353 e. The molecule has 18 heavy (non-hydrogen) atoms. The number of benzene rings is 1. The van der Waals surface area contributed by atoms with Gasteiger partial charge in [0.1, 0.15) is 0 Å². The molecule has 2 fully saturated rings. The van der Waals surface area contributed by atoms with Gasteiger partial charge in [-0.2, -0.15) is 0 Å². The van der Waals surface area contributed by atoms with Crippen molar-refractivity contribution in [2.24, 2.45) is 5.73 Å². The van der Waals surface area contributed by atoms with E-state index in [2.05, 4.69) is 17.4 Å². The van der Waals surface area contributed by atoms with Crippen LogP contribution in [0.15, 0.2) is 24.3 Å². The van der Waals surface area contributed by atoms with E-state index in [0.717, 1.165) is 31.2 Å². The number of carbonyl (C=O) groups excluding carboxylic acids is 1. The highest BCUT2D eigenvalue weighted by Crippen LogP contribution is 2.43. The molecule has 2 aliphatic rings. The molecule has 96 valence electrons. The zero-order valence-corrected chi connectivity index (χ0v) is 10.8. The number of nitrogens with two attached hydrogens (primary N) is 1. The summed E-state index contributed by atoms with van der Waals surface area (Å²) in [4.78, 5) is 12.0. The van der Waals surface area contributed by atoms with Crippen molar-refractivity contribution in [3.63, 3.8) is 0 Å². The van der Waals surface area contributed by atoms with Crippen molar-refractivity contribution in [3.8, 4) is 0 Å². The van der Waals surface area contributed by atoms with E-state index in [1.165, 1.54) is 5.56 Å². The number of hydrogen-bond donors (Lipinski definition) is 2. The predicted octanol–water partition coefficient (Wildman–Crippen LogP) is 2.02. The van der Waals surface area contributed by atoms with E-state index in [4.69, 9.17) is 5.73 Å². The second kappa shape index (κ2) is 4.09. The van der Waals surface area contributed by atoms with Gasteiger partial charge < -0.3 is 11.1 Å². The van der Waals surface area contributed by atoms with Crippen LogP contribution in [0.4, 0.5) is 0 Å². The third-order valence-corrected chi connectivity index (χ3v) is 4.07. The van der Waals surface area contributed by atoms with Gasteiger partial charge >= 0.3 is 0 Å². The maximum absolute atomic E-state index is 12.0. The average molecular weight is 244 g/mol. The van der Waals surface area contributed by atoms with Crippen LogP contribution in [0.5, 0.6) is 0 Å². The number of carbonyl (C=O) groups is 1. The molecule has 3 rings (SSSR count). The molecule has 3 nitrogen and oxygen atoms in total. The van der Waals surface area contributed by atoms with E-state index in [9.17, 15) is 4.79 Å². The Bertz CT molecular complexity index is 475. The van der Waals surface area contributed by atoms with Crippen molar-refractivity contribution in [2.75, 3.05) is 0 Å². The van der Waals surface area contributed by atoms with Crippen LogP contribution < -0.4 is 11.1 Å². The highest BCUT2D eigenvalue weighted by atomic mass is 16.1. The standard InChI is InChI=1S/C15H20N2O/c1-10(14(18)17-13-5-6-13)11-3-2-4-12(9-11)15(16)7-8-15/h2-4,9-10,13H,5-8,16H2,1H3,(H,17,18). The molecular formula is C15H20N2O. The van der Waals surface area contributed by atoms with Crippen molar-refractivity contribution in [1.29, 1.82) is 0 Å². The van der Waals surface area contributed by atoms with Crippen LogP contribution in [0, 0.1) is 0 Å². The van der Waals surface area contributed by atoms with Gasteiger partial charge in [-0.3, -0.25) is 4.79 Å². The average Bonchev–Trinajstić information content (AvgIpc) is 3.27. The van der Waals surface area contributed by atoms with Crippen molar-refractivity contribution in [3.05, 3.63) is 35.4 Å². The van der Waals surface area contributed by atoms with Crippen LogP contribution in [-0.4, -0.2) is 11.9 Å². The molecular weight excluding hydrogens is 224 g/mol. The fourth-order valence-corrected chi connectivity index (χ4v) is 2.25. The topological polar surface area (TPSA) is 55.1 Å². The first kappa shape index (κ1) is 11.7. The number of hydrogen-bond acceptors (Lipinski definition) is 2. The fraction of sp³-hybridized carbons (Fsp3) is 0.533. The largest absolute Gasteiger partial charge is 0.353 e. The van der Waals surface area contributed by atoms with E-state index in [1.54, 1.807) is 0 Å². The maximum atomic E-state index is 12.0. The molecule has 1 aromatic carbocycles. The molecule has 0 radical (unpaired) electrons. The van der Waals surface area contributed by atoms with E-state index in [1.807, 2.05) is 19.1 Å². The molecule has 1 amide bonds. The predicted molar refractivity (Wildman–Crippen MR) is 71.1 cm³/mol. The van der Waals surface area contributed by atoms with Gasteiger partial charge in [-0.1, -0.05) is 24.3 Å². The van der Waals surface area contributed by atoms with Crippen LogP contribution in [0.3, 0.4) is 0 Å². The Morgan fingerprint density at radius 2 is 2.17 bits per heavy atom. The Labute approximate surface area is 108 Å². The molecule has 1 unspecified atom stereocenters. The Morgan fingerprint density at radius 1 is 1.44 bits per heavy atom. The molecule has 1 atom stereocenters. The van der Waals surface area contributed by atoms with Crippen LogP contribution >= 0.6 is 0 Å². The third-order valence-electron chi connectivity index (χ3n) is 4.07. The third kappa shape index (κ3) is 2.27. The fourth-order valence-electron chi connectivity index (χ4n) is 2.25. The van der Waals surface area contributed by atoms with Crippen molar-refractivity contribution in [2.45, 2.75) is 50.1 Å². The van der Waals surface area contributed by atoms with Gasteiger partial charge in [-0.25, -0.2) is 0 Å². The van der Waals surface area contributed by atoms with Crippen molar-refractivity contribution >= 4 is 5.91 Å². The molecule has 1 aromatic rings. The highest BCUT2D eigenvalue weighted by molar-refractivity contribution is 5.83. The Balaban J connectivity index is 1.76. The zero-order chi connectivity index (χ0) is 12.8. The van der Waals surface area contributed by atoms with Gasteiger partial charge in [0.05, 0.1) is 5.92 Å². The lowest BCUT2D eigenvalue weighted by molar-refractivity contribution is -0.122. The lowest BCUT2D eigenvalue weighted by atomic mass is 9.95. The Morgan fingerprint density at radius 3 is 2.78 bits per heavy atom. The van der Waals surface area contributed by atoms with Gasteiger partial charge in [0, 0.05) is 11.6 Å². The molecule has 0 spiro atoms. The second-order valence-electron chi connectivity index (χ2n) is 5.79. The molecule has 0 bridgehead atoms. The van der Waals surface area contributed by atoms with Gasteiger partial charge in [-0.05, 0) is 43.7 Å². The van der Waals surface area contributed by atoms with Crippen LogP contribution in [0.1, 0.15) is 49.7 Å². The SMILES string of the molecule is CC(C(=O)NC1CC1)c1cccc(C2(N)CC2)c1. The summed E-state index contributed by atoms with van der Waals surface area (Å²) in [6, 6.07) is 8.63. The molecule has 2 aliphatic carbocycles. The molecule has 3 N–H and O–H groups in total. The van der Waals surface area contributed by atoms with E-state index >= 15 is 0 Å². The molecule has 0 aliphatic heterocycles. The van der Waals surface area contributed by atoms with Crippen LogP contribution in [0.25, 0.3) is 0 Å². The van der Waals surface area contributed by atoms with E-state index in [0.29, 0.717) is 6.04 Å². The first-order valence-electron chi connectivity index (χ1n) is 6.78. The van der Waals surface area contributed by atoms with Gasteiger partial charge in [-0.15, -0.1) is 0 Å². The monoisotopic (exact) mass is 244 g/mol. The minimum absolute atomic E-state index is 0.0899. The van der Waals surface area contributed by atoms with Gasteiger partial charge in [0.15, 0.2) is 0 Å². The van der Waals surface area contributed by atoms with Gasteiger partial charge in [0.2, 0.25) is 5.91 Å². The van der Waals surface area contributed by atoms with E-state index < -0.39 is 0 Å². The Hall–Kier alpha value is -1.35. The smallest absolute Gasteiger partial charge is 0.227 e. The summed E-state index contributed by atoms with van der Waals surface area (Å²) in [5.41, 5.74) is 8.32. The molecule has 2 saturated carbocycles. The highest BCUT2D eigenvalue weighted by Gasteiger charge is 2.40. The quantitative estimate of drug-likeness (QED) is 0.851. The van der Waals surface area contributed by atoms with Crippen molar-refractivity contribution < 1.29 is 4.79 Å². The number of amides is 1. The second-order valence-corrected chi connectivity index (χ2v) is 5.79. The molecule has 3 heteroatoms. The summed E-state index contributed by atoms with van der Waals surface area (Å²) in [6.45, 7) is 1.97. The summed E-state index contributed by atoms with van der Waals surface area (Å²) in [5.74, 6) is 0.0458. The lowest BCUT2D eigenvalue weighted by Gasteiger charge is -2.15. The summed E-state index contributed by atoms with van der Waals surface area (Å²) in [6.07, 6.45) is 4.37. The number of nitrogens with one attached hydrogen (secondary N) is 1. The summed E-state index contributed by atoms with van der Waals surface area (Å²) in [7, 11) is 0. The summed E-state index contributed by atoms with van der Waals surface area (Å²) < 4.78 is 0. The lowest BCUT2D eigenvalue weighted by Crippen LogP contribution is -2.30.